The van der Waals surface area contributed by atoms with E-state index in [1.54, 1.807) is 7.11 Å². The molecule has 1 rings (SSSR count). The Bertz CT molecular complexity index is 299. The lowest BCUT2D eigenvalue weighted by Crippen LogP contribution is -2.44. The third-order valence-corrected chi connectivity index (χ3v) is 6.94. The minimum absolute atomic E-state index is 0.324. The van der Waals surface area contributed by atoms with E-state index in [2.05, 4.69) is 10.2 Å². The fourth-order valence-corrected chi connectivity index (χ4v) is 4.04. The molecule has 114 valence electrons. The first-order valence-corrected chi connectivity index (χ1v) is 8.86. The molecule has 19 heavy (non-hydrogen) atoms. The van der Waals surface area contributed by atoms with Crippen molar-refractivity contribution in [1.29, 1.82) is 0 Å². The highest BCUT2D eigenvalue weighted by atomic mass is 31.2. The van der Waals surface area contributed by atoms with Crippen molar-refractivity contribution in [1.82, 2.24) is 10.2 Å². The van der Waals surface area contributed by atoms with E-state index >= 15 is 0 Å². The van der Waals surface area contributed by atoms with Crippen molar-refractivity contribution < 1.29 is 13.8 Å². The monoisotopic (exact) mass is 292 g/mol. The van der Waals surface area contributed by atoms with Crippen LogP contribution < -0.4 is 5.32 Å². The van der Waals surface area contributed by atoms with Gasteiger partial charge < -0.3 is 14.6 Å². The molecule has 0 aromatic rings. The Morgan fingerprint density at radius 1 is 1.21 bits per heavy atom. The van der Waals surface area contributed by atoms with E-state index in [4.69, 9.17) is 9.26 Å². The minimum Gasteiger partial charge on any atom is -0.384 e. The van der Waals surface area contributed by atoms with Crippen LogP contribution in [0.15, 0.2) is 0 Å². The van der Waals surface area contributed by atoms with E-state index in [9.17, 15) is 4.57 Å². The second kappa shape index (κ2) is 7.75. The third-order valence-electron chi connectivity index (χ3n) is 3.53. The summed E-state index contributed by atoms with van der Waals surface area (Å²) in [6.07, 6.45) is 0.495. The molecule has 0 aromatic carbocycles. The summed E-state index contributed by atoms with van der Waals surface area (Å²) in [5, 5.41) is 3.00. The summed E-state index contributed by atoms with van der Waals surface area (Å²) in [6, 6.07) is 0. The lowest BCUT2D eigenvalue weighted by Gasteiger charge is -2.32. The highest BCUT2D eigenvalue weighted by Gasteiger charge is 2.37. The van der Waals surface area contributed by atoms with Crippen molar-refractivity contribution in [3.8, 4) is 0 Å². The van der Waals surface area contributed by atoms with Crippen molar-refractivity contribution >= 4 is 7.37 Å². The summed E-state index contributed by atoms with van der Waals surface area (Å²) in [4.78, 5) is 2.35. The van der Waals surface area contributed by atoms with Crippen LogP contribution in [0.4, 0.5) is 0 Å². The zero-order chi connectivity index (χ0) is 14.4. The molecule has 6 heteroatoms. The van der Waals surface area contributed by atoms with Crippen LogP contribution in [0.1, 0.15) is 20.8 Å². The minimum atomic E-state index is -2.65. The van der Waals surface area contributed by atoms with Gasteiger partial charge in [0.05, 0.1) is 13.2 Å². The van der Waals surface area contributed by atoms with Gasteiger partial charge in [0.25, 0.3) is 0 Å². The number of hydrogen-bond acceptors (Lipinski definition) is 5. The van der Waals surface area contributed by atoms with Gasteiger partial charge in [-0.2, -0.15) is 0 Å². The number of methoxy groups -OCH3 is 1. The Morgan fingerprint density at radius 3 is 2.37 bits per heavy atom. The highest BCUT2D eigenvalue weighted by molar-refractivity contribution is 7.60. The van der Waals surface area contributed by atoms with Crippen LogP contribution in [0.5, 0.6) is 0 Å². The Kier molecular flexibility index (Phi) is 6.98. The Labute approximate surface area is 117 Å². The normalized spacial score (nSPS) is 21.3. The number of rotatable bonds is 7. The van der Waals surface area contributed by atoms with Crippen molar-refractivity contribution in [2.24, 2.45) is 0 Å². The quantitative estimate of drug-likeness (QED) is 0.723. The average Bonchev–Trinajstić information content (AvgIpc) is 2.36. The van der Waals surface area contributed by atoms with Gasteiger partial charge in [-0.05, 0) is 0 Å². The molecule has 1 aliphatic rings. The smallest absolute Gasteiger partial charge is 0.210 e. The third kappa shape index (κ3) is 5.52. The molecule has 0 aliphatic carbocycles. The van der Waals surface area contributed by atoms with Gasteiger partial charge in [-0.25, -0.2) is 0 Å². The largest absolute Gasteiger partial charge is 0.384 e. The summed E-state index contributed by atoms with van der Waals surface area (Å²) in [5.74, 6) is 0. The van der Waals surface area contributed by atoms with Crippen molar-refractivity contribution in [2.75, 3.05) is 59.2 Å². The maximum Gasteiger partial charge on any atom is 0.210 e. The molecule has 0 saturated carbocycles. The predicted molar refractivity (Wildman–Crippen MR) is 79.4 cm³/mol. The molecule has 5 nitrogen and oxygen atoms in total. The Hall–Kier alpha value is 0.0700. The standard InChI is InChI=1S/C13H29N2O3P/c1-13(2,3)19(16,12-11-17-4)18-10-9-15-7-5-14-6-8-15/h14H,5-12H2,1-4H3. The number of nitrogens with one attached hydrogen (secondary N) is 1. The van der Waals surface area contributed by atoms with Gasteiger partial charge in [-0.1, -0.05) is 20.8 Å². The summed E-state index contributed by atoms with van der Waals surface area (Å²) in [7, 11) is -1.02. The van der Waals surface area contributed by atoms with Gasteiger partial charge >= 0.3 is 0 Å². The first-order chi connectivity index (χ1) is 8.89. The maximum absolute atomic E-state index is 12.9. The van der Waals surface area contributed by atoms with Crippen LogP contribution >= 0.6 is 7.37 Å². The summed E-state index contributed by atoms with van der Waals surface area (Å²) < 4.78 is 23.8. The molecule has 0 bridgehead atoms. The molecule has 0 spiro atoms. The SMILES string of the molecule is COCCP(=O)(OCCN1CCNCC1)C(C)(C)C. The van der Waals surface area contributed by atoms with Crippen molar-refractivity contribution in [3.63, 3.8) is 0 Å². The van der Waals surface area contributed by atoms with Crippen LogP contribution in [-0.4, -0.2) is 69.3 Å². The molecule has 0 amide bonds. The van der Waals surface area contributed by atoms with Gasteiger partial charge in [0.15, 0.2) is 0 Å². The van der Waals surface area contributed by atoms with Crippen LogP contribution in [0.2, 0.25) is 0 Å². The molecule has 0 aromatic heterocycles. The van der Waals surface area contributed by atoms with Crippen LogP contribution in [0.3, 0.4) is 0 Å². The van der Waals surface area contributed by atoms with E-state index in [1.807, 2.05) is 20.8 Å². The number of ether oxygens (including phenoxy) is 1. The van der Waals surface area contributed by atoms with E-state index < -0.39 is 7.37 Å². The van der Waals surface area contributed by atoms with Gasteiger partial charge in [-0.15, -0.1) is 0 Å². The lowest BCUT2D eigenvalue weighted by atomic mass is 10.3. The number of nitrogens with zero attached hydrogens (tertiary/aromatic N) is 1. The van der Waals surface area contributed by atoms with E-state index in [0.717, 1.165) is 32.7 Å². The van der Waals surface area contributed by atoms with Crippen LogP contribution in [0.25, 0.3) is 0 Å². The van der Waals surface area contributed by atoms with Gasteiger partial charge in [0, 0.05) is 51.2 Å². The van der Waals surface area contributed by atoms with Gasteiger partial charge in [0.2, 0.25) is 7.37 Å². The number of hydrogen-bond donors (Lipinski definition) is 1. The highest BCUT2D eigenvalue weighted by Crippen LogP contribution is 2.58. The van der Waals surface area contributed by atoms with Crippen molar-refractivity contribution in [3.05, 3.63) is 0 Å². The average molecular weight is 292 g/mol. The summed E-state index contributed by atoms with van der Waals surface area (Å²) >= 11 is 0. The van der Waals surface area contributed by atoms with Crippen LogP contribution in [0, 0.1) is 0 Å². The lowest BCUT2D eigenvalue weighted by molar-refractivity contribution is 0.182. The van der Waals surface area contributed by atoms with E-state index in [1.165, 1.54) is 0 Å². The molecule has 1 N–H and O–H groups in total. The Balaban J connectivity index is 2.42. The van der Waals surface area contributed by atoms with E-state index in [-0.39, 0.29) is 5.16 Å². The second-order valence-electron chi connectivity index (χ2n) is 5.99. The topological polar surface area (TPSA) is 50.8 Å². The molecule has 1 atom stereocenters. The van der Waals surface area contributed by atoms with Crippen LogP contribution in [-0.2, 0) is 13.8 Å². The van der Waals surface area contributed by atoms with Crippen molar-refractivity contribution in [2.45, 2.75) is 25.9 Å². The second-order valence-corrected chi connectivity index (χ2v) is 9.38. The summed E-state index contributed by atoms with van der Waals surface area (Å²) in [5.41, 5.74) is 0. The summed E-state index contributed by atoms with van der Waals surface area (Å²) in [6.45, 7) is 12.0. The molecular formula is C13H29N2O3P. The molecule has 1 aliphatic heterocycles. The fraction of sp³-hybridized carbons (Fsp3) is 1.00. The Morgan fingerprint density at radius 2 is 1.84 bits per heavy atom. The van der Waals surface area contributed by atoms with Gasteiger partial charge in [0.1, 0.15) is 0 Å². The van der Waals surface area contributed by atoms with E-state index in [0.29, 0.717) is 19.4 Å². The van der Waals surface area contributed by atoms with Gasteiger partial charge in [-0.3, -0.25) is 9.46 Å². The molecular weight excluding hydrogens is 263 g/mol. The predicted octanol–water partition coefficient (Wildman–Crippen LogP) is 1.63. The number of piperazine rings is 1. The molecule has 1 saturated heterocycles. The first-order valence-electron chi connectivity index (χ1n) is 7.05. The molecule has 1 fully saturated rings. The molecule has 0 radical (unpaired) electrons. The zero-order valence-electron chi connectivity index (χ0n) is 12.8. The maximum atomic E-state index is 12.9. The molecule has 1 heterocycles. The zero-order valence-corrected chi connectivity index (χ0v) is 13.7. The first kappa shape index (κ1) is 17.1. The molecule has 1 unspecified atom stereocenters. The fourth-order valence-electron chi connectivity index (χ4n) is 2.06.